The Morgan fingerprint density at radius 2 is 2.33 bits per heavy atom. The summed E-state index contributed by atoms with van der Waals surface area (Å²) in [5, 5.41) is 4.79. The van der Waals surface area contributed by atoms with Crippen LogP contribution in [0.2, 0.25) is 0 Å². The molecule has 52 valence electrons. The van der Waals surface area contributed by atoms with Crippen molar-refractivity contribution < 1.29 is 0 Å². The van der Waals surface area contributed by atoms with E-state index in [1.54, 1.807) is 0 Å². The van der Waals surface area contributed by atoms with E-state index in [4.69, 9.17) is 0 Å². The van der Waals surface area contributed by atoms with Crippen LogP contribution in [0, 0.1) is 5.92 Å². The van der Waals surface area contributed by atoms with Gasteiger partial charge in [0, 0.05) is 17.4 Å². The zero-order chi connectivity index (χ0) is 6.27. The second-order valence-electron chi connectivity index (χ2n) is 3.20. The highest BCUT2D eigenvalue weighted by Gasteiger charge is 2.37. The highest BCUT2D eigenvalue weighted by atomic mass is 79.9. The van der Waals surface area contributed by atoms with Gasteiger partial charge < -0.3 is 5.32 Å². The van der Waals surface area contributed by atoms with Crippen LogP contribution in [-0.2, 0) is 0 Å². The fourth-order valence-electron chi connectivity index (χ4n) is 2.11. The fourth-order valence-corrected chi connectivity index (χ4v) is 2.82. The third kappa shape index (κ3) is 0.926. The minimum atomic E-state index is 0.856. The van der Waals surface area contributed by atoms with Gasteiger partial charge in [0.05, 0.1) is 0 Å². The summed E-state index contributed by atoms with van der Waals surface area (Å²) in [6, 6.07) is 1.73. The summed E-state index contributed by atoms with van der Waals surface area (Å²) in [6.45, 7) is 0. The average molecular weight is 190 g/mol. The van der Waals surface area contributed by atoms with E-state index in [0.717, 1.165) is 18.0 Å². The summed E-state index contributed by atoms with van der Waals surface area (Å²) in [6.07, 6.45) is 4.25. The maximum atomic E-state index is 3.60. The molecule has 2 saturated heterocycles. The Hall–Kier alpha value is 0.440. The summed E-state index contributed by atoms with van der Waals surface area (Å²) >= 11 is 3.54. The van der Waals surface area contributed by atoms with Gasteiger partial charge in [0.15, 0.2) is 0 Å². The quantitative estimate of drug-likeness (QED) is 0.618. The van der Waals surface area contributed by atoms with E-state index in [1.165, 1.54) is 24.6 Å². The zero-order valence-electron chi connectivity index (χ0n) is 5.44. The van der Waals surface area contributed by atoms with Crippen LogP contribution in [0.4, 0.5) is 0 Å². The Labute approximate surface area is 64.3 Å². The average Bonchev–Trinajstić information content (AvgIpc) is 2.45. The van der Waals surface area contributed by atoms with Gasteiger partial charge in [-0.25, -0.2) is 0 Å². The molecule has 0 aromatic carbocycles. The van der Waals surface area contributed by atoms with Gasteiger partial charge in [-0.2, -0.15) is 0 Å². The van der Waals surface area contributed by atoms with Crippen molar-refractivity contribution >= 4 is 15.9 Å². The van der Waals surface area contributed by atoms with Gasteiger partial charge in [-0.15, -0.1) is 0 Å². The Morgan fingerprint density at radius 3 is 2.67 bits per heavy atom. The van der Waals surface area contributed by atoms with Crippen LogP contribution in [0.15, 0.2) is 0 Å². The highest BCUT2D eigenvalue weighted by molar-refractivity contribution is 9.09. The molecule has 2 fully saturated rings. The molecule has 0 spiro atoms. The van der Waals surface area contributed by atoms with Crippen LogP contribution in [0.5, 0.6) is 0 Å². The number of rotatable bonds is 1. The number of fused-ring (bicyclic) bond motifs is 2. The molecule has 2 rings (SSSR count). The molecule has 1 nitrogen and oxygen atoms in total. The van der Waals surface area contributed by atoms with Gasteiger partial charge in [0.25, 0.3) is 0 Å². The number of hydrogen-bond donors (Lipinski definition) is 1. The van der Waals surface area contributed by atoms with E-state index in [1.807, 2.05) is 0 Å². The predicted octanol–water partition coefficient (Wildman–Crippen LogP) is 1.52. The minimum absolute atomic E-state index is 0.856. The maximum Gasteiger partial charge on any atom is 0.0107 e. The molecule has 0 aliphatic carbocycles. The molecule has 2 heteroatoms. The lowest BCUT2D eigenvalue weighted by atomic mass is 9.91. The summed E-state index contributed by atoms with van der Waals surface area (Å²) in [5.41, 5.74) is 0. The first kappa shape index (κ1) is 6.17. The van der Waals surface area contributed by atoms with Crippen molar-refractivity contribution in [2.24, 2.45) is 5.92 Å². The van der Waals surface area contributed by atoms with E-state index in [2.05, 4.69) is 21.2 Å². The number of halogens is 1. The van der Waals surface area contributed by atoms with Crippen molar-refractivity contribution in [2.75, 3.05) is 5.33 Å². The lowest BCUT2D eigenvalue weighted by molar-refractivity contribution is 0.448. The molecule has 0 aromatic heterocycles. The smallest absolute Gasteiger partial charge is 0.0107 e. The summed E-state index contributed by atoms with van der Waals surface area (Å²) in [7, 11) is 0. The largest absolute Gasteiger partial charge is 0.311 e. The normalized spacial score (nSPS) is 48.3. The van der Waals surface area contributed by atoms with E-state index < -0.39 is 0 Å². The Kier molecular flexibility index (Phi) is 1.54. The molecule has 2 heterocycles. The molecule has 0 saturated carbocycles. The molecular weight excluding hydrogens is 178 g/mol. The molecule has 2 bridgehead atoms. The van der Waals surface area contributed by atoms with Crippen LogP contribution in [0.1, 0.15) is 19.3 Å². The topological polar surface area (TPSA) is 12.0 Å². The van der Waals surface area contributed by atoms with E-state index >= 15 is 0 Å². The van der Waals surface area contributed by atoms with Crippen molar-refractivity contribution in [2.45, 2.75) is 31.3 Å². The van der Waals surface area contributed by atoms with Crippen molar-refractivity contribution in [1.82, 2.24) is 5.32 Å². The van der Waals surface area contributed by atoms with Crippen LogP contribution in [-0.4, -0.2) is 17.4 Å². The SMILES string of the molecule is BrCC1CC2CCC1N2. The third-order valence-electron chi connectivity index (χ3n) is 2.63. The Morgan fingerprint density at radius 1 is 1.44 bits per heavy atom. The van der Waals surface area contributed by atoms with E-state index in [9.17, 15) is 0 Å². The van der Waals surface area contributed by atoms with Gasteiger partial charge in [0.1, 0.15) is 0 Å². The standard InChI is InChI=1S/C7H12BrN/c8-4-5-3-6-1-2-7(5)9-6/h5-7,9H,1-4H2. The Balaban J connectivity index is 2.01. The van der Waals surface area contributed by atoms with Crippen LogP contribution >= 0.6 is 15.9 Å². The third-order valence-corrected chi connectivity index (χ3v) is 3.46. The minimum Gasteiger partial charge on any atom is -0.311 e. The van der Waals surface area contributed by atoms with Crippen molar-refractivity contribution in [3.63, 3.8) is 0 Å². The summed E-state index contributed by atoms with van der Waals surface area (Å²) < 4.78 is 0. The molecule has 2 aliphatic rings. The molecule has 2 aliphatic heterocycles. The summed E-state index contributed by atoms with van der Waals surface area (Å²) in [4.78, 5) is 0. The van der Waals surface area contributed by atoms with Crippen LogP contribution < -0.4 is 5.32 Å². The molecule has 9 heavy (non-hydrogen) atoms. The Bertz CT molecular complexity index is 115. The molecule has 0 aromatic rings. The molecule has 3 unspecified atom stereocenters. The van der Waals surface area contributed by atoms with Gasteiger partial charge in [-0.3, -0.25) is 0 Å². The lowest BCUT2D eigenvalue weighted by Gasteiger charge is -2.16. The molecule has 0 radical (unpaired) electrons. The van der Waals surface area contributed by atoms with Crippen molar-refractivity contribution in [3.05, 3.63) is 0 Å². The molecule has 0 amide bonds. The van der Waals surface area contributed by atoms with Crippen LogP contribution in [0.25, 0.3) is 0 Å². The maximum absolute atomic E-state index is 3.60. The molecule has 3 atom stereocenters. The van der Waals surface area contributed by atoms with E-state index in [-0.39, 0.29) is 0 Å². The van der Waals surface area contributed by atoms with Crippen LogP contribution in [0.3, 0.4) is 0 Å². The number of nitrogens with one attached hydrogen (secondary N) is 1. The van der Waals surface area contributed by atoms with Gasteiger partial charge in [-0.1, -0.05) is 15.9 Å². The number of alkyl halides is 1. The first-order valence-corrected chi connectivity index (χ1v) is 4.84. The van der Waals surface area contributed by atoms with Gasteiger partial charge in [0.2, 0.25) is 0 Å². The highest BCUT2D eigenvalue weighted by Crippen LogP contribution is 2.33. The second-order valence-corrected chi connectivity index (χ2v) is 3.84. The first-order valence-electron chi connectivity index (χ1n) is 3.72. The second kappa shape index (κ2) is 2.24. The zero-order valence-corrected chi connectivity index (χ0v) is 7.02. The van der Waals surface area contributed by atoms with Crippen molar-refractivity contribution in [3.8, 4) is 0 Å². The van der Waals surface area contributed by atoms with Crippen molar-refractivity contribution in [1.29, 1.82) is 0 Å². The predicted molar refractivity (Wildman–Crippen MR) is 41.8 cm³/mol. The van der Waals surface area contributed by atoms with E-state index in [0.29, 0.717) is 0 Å². The molecule has 1 N–H and O–H groups in total. The first-order chi connectivity index (χ1) is 4.40. The van der Waals surface area contributed by atoms with Gasteiger partial charge >= 0.3 is 0 Å². The lowest BCUT2D eigenvalue weighted by Crippen LogP contribution is -2.23. The van der Waals surface area contributed by atoms with Gasteiger partial charge in [-0.05, 0) is 25.2 Å². The molecular formula is C7H12BrN. The monoisotopic (exact) mass is 189 g/mol. The fraction of sp³-hybridized carbons (Fsp3) is 1.00. The summed E-state index contributed by atoms with van der Waals surface area (Å²) in [5.74, 6) is 0.934. The number of hydrogen-bond acceptors (Lipinski definition) is 1.